The number of hydrogen-bond donors (Lipinski definition) is 2. The quantitative estimate of drug-likeness (QED) is 0.212. The Labute approximate surface area is 205 Å². The maximum absolute atomic E-state index is 12.4. The monoisotopic (exact) mass is 493 g/mol. The van der Waals surface area contributed by atoms with Crippen molar-refractivity contribution in [1.29, 1.82) is 0 Å². The van der Waals surface area contributed by atoms with E-state index in [1.165, 1.54) is 31.2 Å². The van der Waals surface area contributed by atoms with Gasteiger partial charge >= 0.3 is 0 Å². The maximum Gasteiger partial charge on any atom is 0.250 e. The van der Waals surface area contributed by atoms with E-state index in [4.69, 9.17) is 16.3 Å². The third-order valence-corrected chi connectivity index (χ3v) is 5.87. The molecule has 1 heterocycles. The number of para-hydroxylation sites is 1. The van der Waals surface area contributed by atoms with E-state index in [0.717, 1.165) is 11.3 Å². The smallest absolute Gasteiger partial charge is 0.250 e. The van der Waals surface area contributed by atoms with Gasteiger partial charge in [-0.1, -0.05) is 41.6 Å². The van der Waals surface area contributed by atoms with E-state index in [-0.39, 0.29) is 17.4 Å². The highest BCUT2D eigenvalue weighted by Crippen LogP contribution is 2.29. The number of amides is 1. The zero-order valence-corrected chi connectivity index (χ0v) is 19.6. The van der Waals surface area contributed by atoms with Gasteiger partial charge in [-0.15, -0.1) is 10.2 Å². The van der Waals surface area contributed by atoms with Crippen molar-refractivity contribution in [3.8, 4) is 28.6 Å². The maximum atomic E-state index is 12.4. The van der Waals surface area contributed by atoms with Crippen LogP contribution in [0.2, 0.25) is 5.02 Å². The van der Waals surface area contributed by atoms with Crippen LogP contribution < -0.4 is 10.2 Å². The van der Waals surface area contributed by atoms with E-state index in [0.29, 0.717) is 27.3 Å². The van der Waals surface area contributed by atoms with Crippen LogP contribution in [0.15, 0.2) is 83.1 Å². The number of rotatable bonds is 8. The molecule has 10 heteroatoms. The summed E-state index contributed by atoms with van der Waals surface area (Å²) in [5, 5.41) is 23.5. The molecule has 1 amide bonds. The molecular weight excluding hydrogens is 474 g/mol. The number of carbonyl (C=O) groups excluding carboxylic acids is 1. The van der Waals surface area contributed by atoms with Gasteiger partial charge in [0.2, 0.25) is 0 Å². The highest BCUT2D eigenvalue weighted by molar-refractivity contribution is 7.99. The number of phenolic OH excluding ortho intramolecular Hbond substituents is 1. The number of aromatic hydroxyl groups is 1. The van der Waals surface area contributed by atoms with Crippen LogP contribution in [0.4, 0.5) is 0 Å². The van der Waals surface area contributed by atoms with Gasteiger partial charge in [0.1, 0.15) is 0 Å². The highest BCUT2D eigenvalue weighted by Gasteiger charge is 2.17. The second-order valence-electron chi connectivity index (χ2n) is 7.00. The summed E-state index contributed by atoms with van der Waals surface area (Å²) >= 11 is 7.28. The summed E-state index contributed by atoms with van der Waals surface area (Å²) in [6, 6.07) is 21.8. The van der Waals surface area contributed by atoms with Crippen molar-refractivity contribution in [3.63, 3.8) is 0 Å². The molecule has 0 fully saturated rings. The number of ether oxygens (including phenoxy) is 1. The highest BCUT2D eigenvalue weighted by atomic mass is 35.5. The fourth-order valence-electron chi connectivity index (χ4n) is 3.07. The molecule has 0 bridgehead atoms. The third kappa shape index (κ3) is 5.56. The molecule has 4 rings (SSSR count). The summed E-state index contributed by atoms with van der Waals surface area (Å²) in [6.07, 6.45) is 1.47. The first-order chi connectivity index (χ1) is 16.5. The Balaban J connectivity index is 1.47. The van der Waals surface area contributed by atoms with Gasteiger partial charge in [0.25, 0.3) is 5.91 Å². The molecule has 4 aromatic rings. The van der Waals surface area contributed by atoms with Gasteiger partial charge in [-0.2, -0.15) is 5.10 Å². The molecule has 0 saturated carbocycles. The lowest BCUT2D eigenvalue weighted by molar-refractivity contribution is -0.118. The summed E-state index contributed by atoms with van der Waals surface area (Å²) in [5.41, 5.74) is 4.88. The molecule has 0 unspecified atom stereocenters. The minimum absolute atomic E-state index is 0.0283. The summed E-state index contributed by atoms with van der Waals surface area (Å²) in [6.45, 7) is 0. The van der Waals surface area contributed by atoms with Gasteiger partial charge in [0, 0.05) is 16.3 Å². The summed E-state index contributed by atoms with van der Waals surface area (Å²) in [7, 11) is 1.46. The normalized spacial score (nSPS) is 11.0. The third-order valence-electron chi connectivity index (χ3n) is 4.69. The molecule has 1 aromatic heterocycles. The minimum atomic E-state index is -0.303. The Bertz CT molecular complexity index is 1310. The molecule has 8 nitrogen and oxygen atoms in total. The molecule has 172 valence electrons. The molecule has 0 aliphatic rings. The van der Waals surface area contributed by atoms with Crippen LogP contribution in [-0.4, -0.2) is 44.9 Å². The number of hydrogen-bond acceptors (Lipinski definition) is 7. The number of aromatic nitrogens is 3. The lowest BCUT2D eigenvalue weighted by atomic mass is 10.2. The van der Waals surface area contributed by atoms with Crippen molar-refractivity contribution < 1.29 is 14.6 Å². The molecular formula is C24H20ClN5O3S. The molecule has 0 radical (unpaired) electrons. The van der Waals surface area contributed by atoms with Crippen LogP contribution in [0.25, 0.3) is 17.1 Å². The van der Waals surface area contributed by atoms with Crippen molar-refractivity contribution in [3.05, 3.63) is 83.4 Å². The topological polar surface area (TPSA) is 102 Å². The fourth-order valence-corrected chi connectivity index (χ4v) is 3.95. The van der Waals surface area contributed by atoms with E-state index < -0.39 is 0 Å². The summed E-state index contributed by atoms with van der Waals surface area (Å²) in [4.78, 5) is 12.4. The zero-order valence-electron chi connectivity index (χ0n) is 18.1. The molecule has 2 N–H and O–H groups in total. The van der Waals surface area contributed by atoms with E-state index in [2.05, 4.69) is 20.7 Å². The van der Waals surface area contributed by atoms with Crippen molar-refractivity contribution in [2.24, 2.45) is 5.10 Å². The molecule has 34 heavy (non-hydrogen) atoms. The van der Waals surface area contributed by atoms with Gasteiger partial charge in [0.15, 0.2) is 22.5 Å². The number of benzene rings is 3. The van der Waals surface area contributed by atoms with Gasteiger partial charge in [0.05, 0.1) is 19.1 Å². The number of nitrogens with zero attached hydrogens (tertiary/aromatic N) is 4. The lowest BCUT2D eigenvalue weighted by Crippen LogP contribution is -2.20. The van der Waals surface area contributed by atoms with E-state index in [9.17, 15) is 9.90 Å². The molecule has 0 saturated heterocycles. The van der Waals surface area contributed by atoms with Crippen LogP contribution in [0.1, 0.15) is 5.56 Å². The largest absolute Gasteiger partial charge is 0.504 e. The summed E-state index contributed by atoms with van der Waals surface area (Å²) in [5.74, 6) is 0.776. The Morgan fingerprint density at radius 2 is 1.91 bits per heavy atom. The predicted molar refractivity (Wildman–Crippen MR) is 133 cm³/mol. The average Bonchev–Trinajstić information content (AvgIpc) is 3.28. The lowest BCUT2D eigenvalue weighted by Gasteiger charge is -2.10. The van der Waals surface area contributed by atoms with Gasteiger partial charge < -0.3 is 9.84 Å². The van der Waals surface area contributed by atoms with Crippen LogP contribution in [0, 0.1) is 0 Å². The first-order valence-electron chi connectivity index (χ1n) is 10.1. The van der Waals surface area contributed by atoms with Gasteiger partial charge in [-0.3, -0.25) is 9.36 Å². The standard InChI is InChI=1S/C24H20ClN5O3S/c1-33-21-13-16(7-12-20(21)31)14-26-27-22(32)15-34-24-29-28-23(17-8-10-18(25)11-9-17)30(24)19-5-3-2-4-6-19/h2-14,31H,15H2,1H3,(H,27,32). The van der Waals surface area contributed by atoms with Crippen LogP contribution in [0.3, 0.4) is 0 Å². The molecule has 3 aromatic carbocycles. The molecule has 0 aliphatic heterocycles. The minimum Gasteiger partial charge on any atom is -0.504 e. The van der Waals surface area contributed by atoms with Crippen molar-refractivity contribution in [2.75, 3.05) is 12.9 Å². The number of halogens is 1. The molecule has 0 aliphatic carbocycles. The van der Waals surface area contributed by atoms with Gasteiger partial charge in [-0.05, 0) is 60.2 Å². The van der Waals surface area contributed by atoms with Crippen molar-refractivity contribution in [2.45, 2.75) is 5.16 Å². The number of carbonyl (C=O) groups is 1. The Morgan fingerprint density at radius 3 is 2.65 bits per heavy atom. The van der Waals surface area contributed by atoms with E-state index in [1.807, 2.05) is 47.0 Å². The van der Waals surface area contributed by atoms with E-state index in [1.54, 1.807) is 24.3 Å². The van der Waals surface area contributed by atoms with Crippen molar-refractivity contribution >= 4 is 35.5 Å². The molecule has 0 spiro atoms. The number of hydrazone groups is 1. The average molecular weight is 494 g/mol. The fraction of sp³-hybridized carbons (Fsp3) is 0.0833. The number of nitrogens with one attached hydrogen (secondary N) is 1. The number of thioether (sulfide) groups is 1. The van der Waals surface area contributed by atoms with Crippen LogP contribution >= 0.6 is 23.4 Å². The van der Waals surface area contributed by atoms with E-state index >= 15 is 0 Å². The second-order valence-corrected chi connectivity index (χ2v) is 8.38. The van der Waals surface area contributed by atoms with Crippen molar-refractivity contribution in [1.82, 2.24) is 20.2 Å². The SMILES string of the molecule is COc1cc(C=NNC(=O)CSc2nnc(-c3ccc(Cl)cc3)n2-c2ccccc2)ccc1O. The van der Waals surface area contributed by atoms with Crippen LogP contribution in [0.5, 0.6) is 11.5 Å². The predicted octanol–water partition coefficient (Wildman–Crippen LogP) is 4.54. The first kappa shape index (κ1) is 23.3. The Hall–Kier alpha value is -3.82. The Kier molecular flexibility index (Phi) is 7.46. The first-order valence-corrected chi connectivity index (χ1v) is 11.5. The Morgan fingerprint density at radius 1 is 1.15 bits per heavy atom. The second kappa shape index (κ2) is 10.9. The molecule has 0 atom stereocenters. The van der Waals surface area contributed by atoms with Gasteiger partial charge in [-0.25, -0.2) is 5.43 Å². The summed E-state index contributed by atoms with van der Waals surface area (Å²) < 4.78 is 6.96. The number of methoxy groups -OCH3 is 1. The van der Waals surface area contributed by atoms with Crippen LogP contribution in [-0.2, 0) is 4.79 Å². The number of phenols is 1. The zero-order chi connectivity index (χ0) is 23.9.